The fourth-order valence-corrected chi connectivity index (χ4v) is 2.75. The first-order chi connectivity index (χ1) is 12.4. The Labute approximate surface area is 153 Å². The molecule has 0 amide bonds. The molecule has 0 aromatic heterocycles. The molecule has 0 spiro atoms. The lowest BCUT2D eigenvalue weighted by molar-refractivity contribution is 0.236. The third kappa shape index (κ3) is 4.15. The Balaban J connectivity index is 2.49. The highest BCUT2D eigenvalue weighted by Gasteiger charge is 2.22. The topological polar surface area (TPSA) is 61.8 Å². The van der Waals surface area contributed by atoms with Crippen LogP contribution < -0.4 is 25.1 Å². The van der Waals surface area contributed by atoms with Crippen LogP contribution in [0.3, 0.4) is 0 Å². The first-order valence-electron chi connectivity index (χ1n) is 8.85. The third-order valence-corrected chi connectivity index (χ3v) is 4.13. The molecule has 0 heterocycles. The van der Waals surface area contributed by atoms with Crippen LogP contribution >= 0.6 is 0 Å². The molecular formula is C21H26O5. The lowest BCUT2D eigenvalue weighted by Crippen LogP contribution is -2.36. The molecule has 140 valence electrons. The predicted molar refractivity (Wildman–Crippen MR) is 104 cm³/mol. The summed E-state index contributed by atoms with van der Waals surface area (Å²) in [6.07, 6.45) is 4.39. The number of allylic oxidation sites excluding steroid dienone is 1. The van der Waals surface area contributed by atoms with E-state index in [1.54, 1.807) is 20.3 Å². The summed E-state index contributed by atoms with van der Waals surface area (Å²) < 4.78 is 16.2. The summed E-state index contributed by atoms with van der Waals surface area (Å²) in [5.74, 6) is 1.43. The number of hydrogen-bond acceptors (Lipinski definition) is 5. The van der Waals surface area contributed by atoms with Crippen molar-refractivity contribution in [1.82, 2.24) is 0 Å². The van der Waals surface area contributed by atoms with Gasteiger partial charge in [-0.15, -0.1) is 0 Å². The number of rotatable bonds is 9. The second-order valence-electron chi connectivity index (χ2n) is 6.41. The van der Waals surface area contributed by atoms with Gasteiger partial charge in [0.1, 0.15) is 0 Å². The van der Waals surface area contributed by atoms with E-state index in [2.05, 4.69) is 6.92 Å². The van der Waals surface area contributed by atoms with Crippen molar-refractivity contribution in [3.63, 3.8) is 0 Å². The first-order valence-corrected chi connectivity index (χ1v) is 8.85. The van der Waals surface area contributed by atoms with Crippen LogP contribution in [-0.2, 0) is 0 Å². The predicted octanol–water partition coefficient (Wildman–Crippen LogP) is 3.82. The maximum absolute atomic E-state index is 12.0. The summed E-state index contributed by atoms with van der Waals surface area (Å²) in [7, 11) is 3.17. The van der Waals surface area contributed by atoms with Crippen molar-refractivity contribution in [2.45, 2.75) is 46.1 Å². The zero-order valence-electron chi connectivity index (χ0n) is 16.0. The first kappa shape index (κ1) is 19.8. The second kappa shape index (κ2) is 8.70. The monoisotopic (exact) mass is 358 g/mol. The normalized spacial score (nSPS) is 11.8. The molecule has 0 radical (unpaired) electrons. The van der Waals surface area contributed by atoms with Crippen LogP contribution in [0.5, 0.6) is 17.2 Å². The van der Waals surface area contributed by atoms with Crippen LogP contribution in [0.2, 0.25) is 0 Å². The molecule has 0 bridgehead atoms. The van der Waals surface area contributed by atoms with Crippen molar-refractivity contribution in [3.8, 4) is 17.2 Å². The van der Waals surface area contributed by atoms with Crippen LogP contribution in [0.15, 0.2) is 27.8 Å². The molecule has 0 aliphatic carbocycles. The van der Waals surface area contributed by atoms with Gasteiger partial charge in [-0.05, 0) is 56.0 Å². The zero-order chi connectivity index (χ0) is 19.3. The van der Waals surface area contributed by atoms with E-state index in [4.69, 9.17) is 14.2 Å². The molecule has 5 heteroatoms. The molecule has 0 fully saturated rings. The van der Waals surface area contributed by atoms with Gasteiger partial charge >= 0.3 is 0 Å². The largest absolute Gasteiger partial charge is 0.493 e. The van der Waals surface area contributed by atoms with Crippen molar-refractivity contribution in [3.05, 3.63) is 49.8 Å². The maximum Gasteiger partial charge on any atom is 0.268 e. The fraction of sp³-hybridized carbons (Fsp3) is 0.429. The Hall–Kier alpha value is -2.56. The van der Waals surface area contributed by atoms with Crippen molar-refractivity contribution in [2.75, 3.05) is 14.2 Å². The summed E-state index contributed by atoms with van der Waals surface area (Å²) >= 11 is 0. The van der Waals surface area contributed by atoms with Crippen LogP contribution in [0.1, 0.15) is 51.2 Å². The SMILES string of the molecule is CCCC/C(=C\c1c(OC(C)C)c(=O)c1=O)c1ccc(OC)c(OC)c1. The van der Waals surface area contributed by atoms with Crippen LogP contribution in [0.4, 0.5) is 0 Å². The molecule has 0 aliphatic heterocycles. The van der Waals surface area contributed by atoms with E-state index in [0.29, 0.717) is 17.1 Å². The van der Waals surface area contributed by atoms with E-state index in [1.807, 2.05) is 32.0 Å². The molecule has 0 saturated heterocycles. The Morgan fingerprint density at radius 1 is 1.08 bits per heavy atom. The number of unbranched alkanes of at least 4 members (excludes halogenated alkanes) is 1. The van der Waals surface area contributed by atoms with Gasteiger partial charge in [-0.2, -0.15) is 0 Å². The van der Waals surface area contributed by atoms with Gasteiger partial charge in [0.05, 0.1) is 25.9 Å². The van der Waals surface area contributed by atoms with Gasteiger partial charge in [-0.3, -0.25) is 9.59 Å². The highest BCUT2D eigenvalue weighted by Crippen LogP contribution is 2.33. The summed E-state index contributed by atoms with van der Waals surface area (Å²) in [6.45, 7) is 5.77. The van der Waals surface area contributed by atoms with Gasteiger partial charge in [-0.25, -0.2) is 0 Å². The number of hydrogen-bond donors (Lipinski definition) is 0. The molecule has 0 unspecified atom stereocenters. The van der Waals surface area contributed by atoms with Gasteiger partial charge in [-0.1, -0.05) is 19.4 Å². The minimum absolute atomic E-state index is 0.161. The van der Waals surface area contributed by atoms with E-state index in [-0.39, 0.29) is 11.9 Å². The molecule has 0 aliphatic rings. The quantitative estimate of drug-likeness (QED) is 0.638. The third-order valence-electron chi connectivity index (χ3n) is 4.13. The van der Waals surface area contributed by atoms with Gasteiger partial charge in [0.25, 0.3) is 5.43 Å². The fourth-order valence-electron chi connectivity index (χ4n) is 2.75. The minimum Gasteiger partial charge on any atom is -0.493 e. The molecule has 5 nitrogen and oxygen atoms in total. The van der Waals surface area contributed by atoms with Crippen LogP contribution in [0.25, 0.3) is 11.6 Å². The highest BCUT2D eigenvalue weighted by molar-refractivity contribution is 5.84. The Kier molecular flexibility index (Phi) is 6.61. The molecule has 2 aromatic rings. The molecule has 0 atom stereocenters. The van der Waals surface area contributed by atoms with Gasteiger partial charge in [0.15, 0.2) is 17.2 Å². The summed E-state index contributed by atoms with van der Waals surface area (Å²) in [4.78, 5) is 23.9. The highest BCUT2D eigenvalue weighted by atomic mass is 16.5. The van der Waals surface area contributed by atoms with Crippen LogP contribution in [-0.4, -0.2) is 20.3 Å². The van der Waals surface area contributed by atoms with E-state index >= 15 is 0 Å². The molecule has 26 heavy (non-hydrogen) atoms. The number of ether oxygens (including phenoxy) is 3. The second-order valence-corrected chi connectivity index (χ2v) is 6.41. The Bertz CT molecular complexity index is 854. The average Bonchev–Trinajstić information content (AvgIpc) is 2.65. The molecule has 0 N–H and O–H groups in total. The standard InChI is InChI=1S/C21H26O5/c1-6-7-8-14(15-9-10-17(24-4)18(12-15)25-5)11-16-19(22)20(23)21(16)26-13(2)3/h9-13H,6-8H2,1-5H3/b14-11+. The van der Waals surface area contributed by atoms with Gasteiger partial charge in [0.2, 0.25) is 5.43 Å². The van der Waals surface area contributed by atoms with Gasteiger partial charge in [0, 0.05) is 0 Å². The smallest absolute Gasteiger partial charge is 0.268 e. The Morgan fingerprint density at radius 2 is 1.77 bits per heavy atom. The van der Waals surface area contributed by atoms with Crippen molar-refractivity contribution in [1.29, 1.82) is 0 Å². The average molecular weight is 358 g/mol. The van der Waals surface area contributed by atoms with E-state index in [9.17, 15) is 9.59 Å². The summed E-state index contributed by atoms with van der Waals surface area (Å²) in [5, 5.41) is 0. The lowest BCUT2D eigenvalue weighted by Gasteiger charge is -2.15. The molecule has 2 aromatic carbocycles. The molecule has 0 saturated carbocycles. The van der Waals surface area contributed by atoms with Crippen molar-refractivity contribution in [2.24, 2.45) is 0 Å². The van der Waals surface area contributed by atoms with Crippen LogP contribution in [0, 0.1) is 0 Å². The van der Waals surface area contributed by atoms with E-state index in [1.165, 1.54) is 0 Å². The van der Waals surface area contributed by atoms with Crippen molar-refractivity contribution >= 4 is 11.6 Å². The molecule has 2 rings (SSSR count). The molecular weight excluding hydrogens is 332 g/mol. The number of benzene rings is 1. The van der Waals surface area contributed by atoms with Gasteiger partial charge < -0.3 is 14.2 Å². The maximum atomic E-state index is 12.0. The van der Waals surface area contributed by atoms with Crippen molar-refractivity contribution < 1.29 is 14.2 Å². The summed E-state index contributed by atoms with van der Waals surface area (Å²) in [6, 6.07) is 5.65. The summed E-state index contributed by atoms with van der Waals surface area (Å²) in [5.41, 5.74) is 1.21. The lowest BCUT2D eigenvalue weighted by atomic mass is 9.95. The van der Waals surface area contributed by atoms with E-state index in [0.717, 1.165) is 30.4 Å². The zero-order valence-corrected chi connectivity index (χ0v) is 16.0. The van der Waals surface area contributed by atoms with E-state index < -0.39 is 10.9 Å². The number of methoxy groups -OCH3 is 2. The Morgan fingerprint density at radius 3 is 2.35 bits per heavy atom. The minimum atomic E-state index is -0.549.